The minimum atomic E-state index is -0.786. The van der Waals surface area contributed by atoms with E-state index in [4.69, 9.17) is 18.9 Å². The van der Waals surface area contributed by atoms with E-state index in [1.54, 1.807) is 14.2 Å². The molecule has 0 saturated heterocycles. The number of benzene rings is 3. The monoisotopic (exact) mass is 520 g/mol. The zero-order valence-electron chi connectivity index (χ0n) is 23.3. The van der Waals surface area contributed by atoms with Crippen molar-refractivity contribution in [2.45, 2.75) is 66.2 Å². The van der Waals surface area contributed by atoms with E-state index in [9.17, 15) is 0 Å². The summed E-state index contributed by atoms with van der Waals surface area (Å²) < 4.78 is 23.9. The fourth-order valence-electron chi connectivity index (χ4n) is 4.93. The van der Waals surface area contributed by atoms with E-state index in [0.29, 0.717) is 0 Å². The molecule has 0 amide bonds. The van der Waals surface area contributed by atoms with E-state index in [-0.39, 0.29) is 0 Å². The van der Waals surface area contributed by atoms with E-state index in [1.165, 1.54) is 52.0 Å². The van der Waals surface area contributed by atoms with Gasteiger partial charge in [0.2, 0.25) is 0 Å². The maximum Gasteiger partial charge on any atom is 0.123 e. The lowest BCUT2D eigenvalue weighted by molar-refractivity contribution is 0.292. The summed E-state index contributed by atoms with van der Waals surface area (Å²) >= 11 is 0. The molecule has 3 aromatic carbocycles. The van der Waals surface area contributed by atoms with Gasteiger partial charge in [0.25, 0.3) is 0 Å². The van der Waals surface area contributed by atoms with Crippen LogP contribution in [0.2, 0.25) is 0 Å². The van der Waals surface area contributed by atoms with E-state index in [0.717, 1.165) is 60.2 Å². The highest BCUT2D eigenvalue weighted by atomic mass is 31.1. The Labute approximate surface area is 222 Å². The molecule has 0 aliphatic carbocycles. The van der Waals surface area contributed by atoms with Gasteiger partial charge in [-0.05, 0) is 85.0 Å². The summed E-state index contributed by atoms with van der Waals surface area (Å²) in [5, 5.41) is 6.39. The van der Waals surface area contributed by atoms with E-state index in [2.05, 4.69) is 70.2 Å². The Kier molecular flexibility index (Phi) is 9.27. The third-order valence-electron chi connectivity index (χ3n) is 6.95. The van der Waals surface area contributed by atoms with Crippen molar-refractivity contribution in [2.24, 2.45) is 0 Å². The fraction of sp³-hybridized carbons (Fsp3) is 0.438. The molecule has 4 rings (SSSR count). The summed E-state index contributed by atoms with van der Waals surface area (Å²) in [4.78, 5) is 0. The second kappa shape index (κ2) is 12.6. The van der Waals surface area contributed by atoms with Crippen LogP contribution in [0.3, 0.4) is 0 Å². The van der Waals surface area contributed by atoms with Gasteiger partial charge in [0.15, 0.2) is 0 Å². The molecule has 1 aromatic heterocycles. The van der Waals surface area contributed by atoms with Gasteiger partial charge in [-0.3, -0.25) is 0 Å². The van der Waals surface area contributed by atoms with Crippen molar-refractivity contribution in [3.63, 3.8) is 0 Å². The lowest BCUT2D eigenvalue weighted by atomic mass is 10.1. The molecule has 37 heavy (non-hydrogen) atoms. The number of unbranched alkanes of at least 4 members (excludes halogenated alkanes) is 4. The SMILES string of the molecule is CCCCCOc1cc(OCCCCC)cc(-p2c3cc(C)c(OC)cc3c3cc(OC)c(C)cc32)c1. The van der Waals surface area contributed by atoms with Crippen LogP contribution in [0.25, 0.3) is 26.3 Å². The van der Waals surface area contributed by atoms with Gasteiger partial charge in [0.05, 0.1) is 27.4 Å². The molecule has 0 spiro atoms. The van der Waals surface area contributed by atoms with Crippen LogP contribution in [-0.2, 0) is 0 Å². The van der Waals surface area contributed by atoms with Gasteiger partial charge in [0.1, 0.15) is 23.0 Å². The largest absolute Gasteiger partial charge is 0.496 e. The van der Waals surface area contributed by atoms with E-state index >= 15 is 0 Å². The Morgan fingerprint density at radius 2 is 1.05 bits per heavy atom. The number of methoxy groups -OCH3 is 2. The molecule has 0 radical (unpaired) electrons. The number of aryl methyl sites for hydroxylation is 2. The van der Waals surface area contributed by atoms with Crippen LogP contribution in [0, 0.1) is 13.8 Å². The van der Waals surface area contributed by atoms with E-state index < -0.39 is 7.53 Å². The van der Waals surface area contributed by atoms with Gasteiger partial charge in [-0.1, -0.05) is 47.1 Å². The van der Waals surface area contributed by atoms with Crippen molar-refractivity contribution >= 4 is 28.5 Å². The van der Waals surface area contributed by atoms with Crippen LogP contribution in [0.5, 0.6) is 23.0 Å². The number of hydrogen-bond donors (Lipinski definition) is 0. The maximum absolute atomic E-state index is 6.26. The fourth-order valence-corrected chi connectivity index (χ4v) is 7.76. The first kappa shape index (κ1) is 27.2. The third-order valence-corrected chi connectivity index (χ3v) is 9.43. The molecular formula is C32H41O4P. The van der Waals surface area contributed by atoms with Gasteiger partial charge in [-0.2, -0.15) is 0 Å². The van der Waals surface area contributed by atoms with Crippen LogP contribution in [0.1, 0.15) is 63.5 Å². The molecule has 0 N–H and O–H groups in total. The molecule has 0 saturated carbocycles. The molecule has 0 unspecified atom stereocenters. The lowest BCUT2D eigenvalue weighted by Crippen LogP contribution is -2.00. The Morgan fingerprint density at radius 3 is 1.46 bits per heavy atom. The Morgan fingerprint density at radius 1 is 0.595 bits per heavy atom. The Hall–Kier alpha value is -2.84. The summed E-state index contributed by atoms with van der Waals surface area (Å²) in [5.74, 6) is 3.61. The molecule has 4 aromatic rings. The average Bonchev–Trinajstić information content (AvgIpc) is 3.19. The van der Waals surface area contributed by atoms with Crippen molar-refractivity contribution in [3.8, 4) is 28.3 Å². The number of fused-ring (bicyclic) bond motifs is 3. The van der Waals surface area contributed by atoms with Crippen LogP contribution < -0.4 is 18.9 Å². The highest BCUT2D eigenvalue weighted by Crippen LogP contribution is 2.58. The van der Waals surface area contributed by atoms with Gasteiger partial charge in [-0.25, -0.2) is 0 Å². The molecule has 1 heterocycles. The van der Waals surface area contributed by atoms with Crippen molar-refractivity contribution in [1.29, 1.82) is 0 Å². The van der Waals surface area contributed by atoms with Crippen LogP contribution >= 0.6 is 7.53 Å². The van der Waals surface area contributed by atoms with Gasteiger partial charge < -0.3 is 18.9 Å². The zero-order valence-corrected chi connectivity index (χ0v) is 24.2. The molecule has 198 valence electrons. The number of hydrogen-bond acceptors (Lipinski definition) is 4. The van der Waals surface area contributed by atoms with Gasteiger partial charge in [-0.15, -0.1) is 0 Å². The topological polar surface area (TPSA) is 36.9 Å². The molecule has 0 atom stereocenters. The van der Waals surface area contributed by atoms with Gasteiger partial charge >= 0.3 is 0 Å². The predicted octanol–water partition coefficient (Wildman–Crippen LogP) is 9.74. The highest BCUT2D eigenvalue weighted by Gasteiger charge is 2.19. The molecule has 0 aliphatic rings. The third kappa shape index (κ3) is 6.02. The van der Waals surface area contributed by atoms with E-state index in [1.807, 2.05) is 0 Å². The minimum absolute atomic E-state index is 0.726. The van der Waals surface area contributed by atoms with Crippen molar-refractivity contribution in [2.75, 3.05) is 27.4 Å². The standard InChI is InChI=1S/C32H41O4P/c1-7-9-11-13-35-24-17-25(36-14-12-10-8-2)19-26(18-24)37-31-15-22(3)29(33-5)20-27(31)28-21-30(34-6)23(4)16-32(28)37/h15-21H,7-14H2,1-6H3. The first-order chi connectivity index (χ1) is 18.0. The van der Waals surface area contributed by atoms with Crippen LogP contribution in [0.4, 0.5) is 0 Å². The summed E-state index contributed by atoms with van der Waals surface area (Å²) in [6.07, 6.45) is 6.84. The smallest absolute Gasteiger partial charge is 0.123 e. The minimum Gasteiger partial charge on any atom is -0.496 e. The Balaban J connectivity index is 1.90. The normalized spacial score (nSPS) is 11.3. The summed E-state index contributed by atoms with van der Waals surface area (Å²) in [6.45, 7) is 10.1. The predicted molar refractivity (Wildman–Crippen MR) is 158 cm³/mol. The van der Waals surface area contributed by atoms with Crippen LogP contribution in [0.15, 0.2) is 42.5 Å². The quantitative estimate of drug-likeness (QED) is 0.164. The van der Waals surface area contributed by atoms with Crippen LogP contribution in [-0.4, -0.2) is 27.4 Å². The summed E-state index contributed by atoms with van der Waals surface area (Å²) in [7, 11) is 2.70. The molecule has 0 aliphatic heterocycles. The molecular weight excluding hydrogens is 479 g/mol. The second-order valence-corrected chi connectivity index (χ2v) is 11.9. The first-order valence-corrected chi connectivity index (χ1v) is 14.9. The molecule has 4 nitrogen and oxygen atoms in total. The molecule has 5 heteroatoms. The number of ether oxygens (including phenoxy) is 4. The average molecular weight is 521 g/mol. The molecule has 0 bridgehead atoms. The lowest BCUT2D eigenvalue weighted by Gasteiger charge is -2.14. The zero-order chi connectivity index (χ0) is 26.4. The summed E-state index contributed by atoms with van der Waals surface area (Å²) in [6, 6.07) is 15.5. The first-order valence-electron chi connectivity index (χ1n) is 13.6. The van der Waals surface area contributed by atoms with Gasteiger partial charge in [0, 0.05) is 21.6 Å². The maximum atomic E-state index is 6.26. The second-order valence-electron chi connectivity index (χ2n) is 9.79. The van der Waals surface area contributed by atoms with Crippen molar-refractivity contribution < 1.29 is 18.9 Å². The summed E-state index contributed by atoms with van der Waals surface area (Å²) in [5.41, 5.74) is 2.29. The molecule has 0 fully saturated rings. The van der Waals surface area contributed by atoms with Crippen molar-refractivity contribution in [1.82, 2.24) is 0 Å². The number of rotatable bonds is 13. The van der Waals surface area contributed by atoms with Crippen molar-refractivity contribution in [3.05, 3.63) is 53.6 Å². The highest BCUT2D eigenvalue weighted by molar-refractivity contribution is 7.67. The Bertz CT molecular complexity index is 1260.